The Morgan fingerprint density at radius 2 is 1.93 bits per heavy atom. The van der Waals surface area contributed by atoms with Crippen LogP contribution in [0.5, 0.6) is 0 Å². The van der Waals surface area contributed by atoms with Crippen LogP contribution in [0.2, 0.25) is 0 Å². The van der Waals surface area contributed by atoms with E-state index in [9.17, 15) is 13.2 Å². The number of nitrogens with one attached hydrogen (secondary N) is 2. The molecule has 6 nitrogen and oxygen atoms in total. The van der Waals surface area contributed by atoms with Crippen molar-refractivity contribution in [3.63, 3.8) is 0 Å². The van der Waals surface area contributed by atoms with E-state index in [-0.39, 0.29) is 6.54 Å². The summed E-state index contributed by atoms with van der Waals surface area (Å²) in [4.78, 5) is 5.80. The summed E-state index contributed by atoms with van der Waals surface area (Å²) in [6.07, 6.45) is -0.543. The maximum absolute atomic E-state index is 12.4. The third-order valence-corrected chi connectivity index (χ3v) is 4.00. The summed E-state index contributed by atoms with van der Waals surface area (Å²) in [5.41, 5.74) is 2.19. The van der Waals surface area contributed by atoms with E-state index in [1.54, 1.807) is 6.20 Å². The van der Waals surface area contributed by atoms with Crippen molar-refractivity contribution in [3.8, 4) is 0 Å². The normalized spacial score (nSPS) is 12.4. The highest BCUT2D eigenvalue weighted by molar-refractivity contribution is 5.79. The fourth-order valence-electron chi connectivity index (χ4n) is 2.69. The minimum Gasteiger partial charge on any atom is -0.357 e. The van der Waals surface area contributed by atoms with Crippen LogP contribution in [0.25, 0.3) is 0 Å². The Labute approximate surface area is 163 Å². The van der Waals surface area contributed by atoms with Gasteiger partial charge >= 0.3 is 6.18 Å². The summed E-state index contributed by atoms with van der Waals surface area (Å²) in [5, 5.41) is 10.4. The van der Waals surface area contributed by atoms with Gasteiger partial charge in [-0.25, -0.2) is 4.99 Å². The van der Waals surface area contributed by atoms with Gasteiger partial charge in [-0.3, -0.25) is 9.58 Å². The van der Waals surface area contributed by atoms with Gasteiger partial charge in [0.15, 0.2) is 5.96 Å². The predicted molar refractivity (Wildman–Crippen MR) is 104 cm³/mol. The second-order valence-corrected chi connectivity index (χ2v) is 6.45. The molecule has 1 heterocycles. The zero-order valence-electron chi connectivity index (χ0n) is 16.2. The molecule has 154 valence electrons. The number of rotatable bonds is 9. The molecule has 2 N–H and O–H groups in total. The summed E-state index contributed by atoms with van der Waals surface area (Å²) in [5.74, 6) is 0.580. The topological polar surface area (TPSA) is 57.5 Å². The highest BCUT2D eigenvalue weighted by Gasteiger charge is 2.28. The van der Waals surface area contributed by atoms with E-state index >= 15 is 0 Å². The summed E-state index contributed by atoms with van der Waals surface area (Å²) in [6, 6.07) is 9.88. The van der Waals surface area contributed by atoms with Crippen LogP contribution >= 0.6 is 0 Å². The van der Waals surface area contributed by atoms with Crippen LogP contribution in [-0.4, -0.2) is 60.0 Å². The van der Waals surface area contributed by atoms with Crippen molar-refractivity contribution in [2.75, 3.05) is 33.2 Å². The molecule has 0 fully saturated rings. The number of alkyl halides is 3. The Balaban J connectivity index is 1.93. The maximum atomic E-state index is 12.4. The van der Waals surface area contributed by atoms with E-state index in [2.05, 4.69) is 20.7 Å². The van der Waals surface area contributed by atoms with Crippen molar-refractivity contribution < 1.29 is 13.2 Å². The van der Waals surface area contributed by atoms with Crippen LogP contribution < -0.4 is 10.6 Å². The number of aromatic nitrogens is 2. The molecule has 0 spiro atoms. The lowest BCUT2D eigenvalue weighted by atomic mass is 10.1. The van der Waals surface area contributed by atoms with E-state index in [1.165, 1.54) is 11.9 Å². The van der Waals surface area contributed by atoms with Crippen LogP contribution in [0.4, 0.5) is 13.2 Å². The van der Waals surface area contributed by atoms with Crippen LogP contribution in [-0.2, 0) is 13.1 Å². The molecule has 0 amide bonds. The number of benzene rings is 1. The molecule has 28 heavy (non-hydrogen) atoms. The summed E-state index contributed by atoms with van der Waals surface area (Å²) in [7, 11) is 1.45. The highest BCUT2D eigenvalue weighted by atomic mass is 19.4. The smallest absolute Gasteiger partial charge is 0.357 e. The molecule has 0 radical (unpaired) electrons. The molecular formula is C19H27F3N6. The van der Waals surface area contributed by atoms with Crippen LogP contribution in [0.1, 0.15) is 18.1 Å². The molecule has 0 atom stereocenters. The first-order valence-corrected chi connectivity index (χ1v) is 9.19. The minimum atomic E-state index is -4.19. The molecule has 1 aromatic carbocycles. The molecule has 0 saturated heterocycles. The van der Waals surface area contributed by atoms with E-state index in [0.29, 0.717) is 32.1 Å². The lowest BCUT2D eigenvalue weighted by Crippen LogP contribution is -2.42. The standard InChI is InChI=1S/C19H27F3N6/c1-3-23-18(24-10-12-27(2)15-19(20,21)22)25-13-16-7-4-5-8-17(16)14-28-11-6-9-26-28/h4-9,11H,3,10,12-15H2,1-2H3,(H2,23,24,25). The number of hydrogen-bond acceptors (Lipinski definition) is 3. The molecule has 0 saturated carbocycles. The Morgan fingerprint density at radius 1 is 1.18 bits per heavy atom. The number of aliphatic imine (C=N–C) groups is 1. The average Bonchev–Trinajstić information content (AvgIpc) is 3.12. The first-order chi connectivity index (χ1) is 13.4. The number of guanidine groups is 1. The van der Waals surface area contributed by atoms with Crippen molar-refractivity contribution in [2.45, 2.75) is 26.2 Å². The van der Waals surface area contributed by atoms with Crippen molar-refractivity contribution in [2.24, 2.45) is 4.99 Å². The molecule has 0 aliphatic carbocycles. The Kier molecular flexibility index (Phi) is 8.31. The van der Waals surface area contributed by atoms with Gasteiger partial charge in [0.1, 0.15) is 0 Å². The van der Waals surface area contributed by atoms with Crippen LogP contribution in [0.15, 0.2) is 47.7 Å². The van der Waals surface area contributed by atoms with Crippen molar-refractivity contribution >= 4 is 5.96 Å². The van der Waals surface area contributed by atoms with Gasteiger partial charge in [0.2, 0.25) is 0 Å². The first-order valence-electron chi connectivity index (χ1n) is 9.19. The van der Waals surface area contributed by atoms with Gasteiger partial charge in [-0.2, -0.15) is 18.3 Å². The number of halogens is 3. The molecule has 2 rings (SSSR count). The van der Waals surface area contributed by atoms with Crippen LogP contribution in [0, 0.1) is 0 Å². The molecule has 0 bridgehead atoms. The largest absolute Gasteiger partial charge is 0.401 e. The van der Waals surface area contributed by atoms with Crippen LogP contribution in [0.3, 0.4) is 0 Å². The van der Waals surface area contributed by atoms with Gasteiger partial charge in [0, 0.05) is 32.0 Å². The van der Waals surface area contributed by atoms with E-state index < -0.39 is 12.7 Å². The zero-order chi connectivity index (χ0) is 20.4. The van der Waals surface area contributed by atoms with Gasteiger partial charge < -0.3 is 10.6 Å². The lowest BCUT2D eigenvalue weighted by molar-refractivity contribution is -0.142. The van der Waals surface area contributed by atoms with Crippen molar-refractivity contribution in [3.05, 3.63) is 53.9 Å². The second kappa shape index (κ2) is 10.7. The summed E-state index contributed by atoms with van der Waals surface area (Å²) < 4.78 is 39.0. The third-order valence-electron chi connectivity index (χ3n) is 4.00. The monoisotopic (exact) mass is 396 g/mol. The quantitative estimate of drug-likeness (QED) is 0.505. The fraction of sp³-hybridized carbons (Fsp3) is 0.474. The van der Waals surface area contributed by atoms with E-state index in [4.69, 9.17) is 0 Å². The van der Waals surface area contributed by atoms with Crippen molar-refractivity contribution in [1.29, 1.82) is 0 Å². The van der Waals surface area contributed by atoms with Gasteiger partial charge in [-0.05, 0) is 31.2 Å². The second-order valence-electron chi connectivity index (χ2n) is 6.45. The SMILES string of the molecule is CCNC(=NCc1ccccc1Cn1cccn1)NCCN(C)CC(F)(F)F. The predicted octanol–water partition coefficient (Wildman–Crippen LogP) is 2.48. The summed E-state index contributed by atoms with van der Waals surface area (Å²) >= 11 is 0. The Bertz CT molecular complexity index is 728. The van der Waals surface area contributed by atoms with Gasteiger partial charge in [0.05, 0.1) is 19.6 Å². The fourth-order valence-corrected chi connectivity index (χ4v) is 2.69. The molecule has 0 aliphatic heterocycles. The summed E-state index contributed by atoms with van der Waals surface area (Å²) in [6.45, 7) is 3.43. The maximum Gasteiger partial charge on any atom is 0.401 e. The molecule has 1 aromatic heterocycles. The van der Waals surface area contributed by atoms with E-state index in [1.807, 2.05) is 48.1 Å². The van der Waals surface area contributed by atoms with Gasteiger partial charge in [-0.1, -0.05) is 24.3 Å². The Hall–Kier alpha value is -2.55. The van der Waals surface area contributed by atoms with E-state index in [0.717, 1.165) is 11.1 Å². The lowest BCUT2D eigenvalue weighted by Gasteiger charge is -2.19. The molecule has 0 unspecified atom stereocenters. The van der Waals surface area contributed by atoms with Gasteiger partial charge in [-0.15, -0.1) is 0 Å². The highest BCUT2D eigenvalue weighted by Crippen LogP contribution is 2.15. The molecule has 2 aromatic rings. The molecule has 0 aliphatic rings. The minimum absolute atomic E-state index is 0.264. The Morgan fingerprint density at radius 3 is 2.57 bits per heavy atom. The van der Waals surface area contributed by atoms with Crippen molar-refractivity contribution in [1.82, 2.24) is 25.3 Å². The molecular weight excluding hydrogens is 369 g/mol. The number of nitrogens with zero attached hydrogens (tertiary/aromatic N) is 4. The molecule has 9 heteroatoms. The number of hydrogen-bond donors (Lipinski definition) is 2. The first kappa shape index (κ1) is 21.7. The third kappa shape index (κ3) is 7.99. The number of likely N-dealkylation sites (N-methyl/N-ethyl adjacent to an activating group) is 1. The van der Waals surface area contributed by atoms with Gasteiger partial charge in [0.25, 0.3) is 0 Å². The zero-order valence-corrected chi connectivity index (χ0v) is 16.2. The average molecular weight is 396 g/mol.